The largest absolute Gasteiger partial charge is 0.313 e. The van der Waals surface area contributed by atoms with Crippen molar-refractivity contribution in [1.29, 1.82) is 0 Å². The first-order chi connectivity index (χ1) is 21.8. The molecule has 0 fully saturated rings. The Morgan fingerprint density at radius 3 is 1.39 bits per heavy atom. The monoisotopic (exact) mass is 568 g/mol. The highest BCUT2D eigenvalue weighted by Gasteiger charge is 2.23. The summed E-state index contributed by atoms with van der Waals surface area (Å²) < 4.78 is 0. The van der Waals surface area contributed by atoms with E-state index in [0.29, 0.717) is 0 Å². The molecule has 1 aliphatic carbocycles. The Hall–Kier alpha value is -5.34. The van der Waals surface area contributed by atoms with Crippen LogP contribution in [0.1, 0.15) is 43.4 Å². The molecule has 2 aliphatic heterocycles. The smallest absolute Gasteiger partial charge is 0.0534 e. The van der Waals surface area contributed by atoms with Crippen molar-refractivity contribution in [2.45, 2.75) is 26.7 Å². The molecule has 0 N–H and O–H groups in total. The zero-order valence-electron chi connectivity index (χ0n) is 25.3. The van der Waals surface area contributed by atoms with E-state index < -0.39 is 0 Å². The van der Waals surface area contributed by atoms with Gasteiger partial charge < -0.3 is 9.80 Å². The molecule has 214 valence electrons. The van der Waals surface area contributed by atoms with Crippen molar-refractivity contribution in [3.05, 3.63) is 168 Å². The highest BCUT2D eigenvalue weighted by molar-refractivity contribution is 5.93. The predicted molar refractivity (Wildman–Crippen MR) is 190 cm³/mol. The second-order valence-electron chi connectivity index (χ2n) is 11.0. The number of benzene rings is 5. The zero-order valence-corrected chi connectivity index (χ0v) is 25.3. The van der Waals surface area contributed by atoms with Crippen LogP contribution in [0.3, 0.4) is 0 Å². The van der Waals surface area contributed by atoms with E-state index in [1.165, 1.54) is 61.8 Å². The van der Waals surface area contributed by atoms with Crippen molar-refractivity contribution in [3.63, 3.8) is 0 Å². The van der Waals surface area contributed by atoms with Crippen LogP contribution in [0.15, 0.2) is 151 Å². The Balaban J connectivity index is 0.00000153. The number of anilines is 5. The van der Waals surface area contributed by atoms with Crippen LogP contribution in [0.25, 0.3) is 29.4 Å². The molecule has 2 heteroatoms. The molecule has 0 bridgehead atoms. The summed E-state index contributed by atoms with van der Waals surface area (Å²) in [5.74, 6) is 0. The van der Waals surface area contributed by atoms with E-state index >= 15 is 0 Å². The van der Waals surface area contributed by atoms with Gasteiger partial charge in [0.25, 0.3) is 0 Å². The fraction of sp³-hybridized carbons (Fsp3) is 0.0952. The van der Waals surface area contributed by atoms with Crippen LogP contribution in [0.5, 0.6) is 0 Å². The fourth-order valence-corrected chi connectivity index (χ4v) is 6.37. The van der Waals surface area contributed by atoms with Crippen molar-refractivity contribution in [2.75, 3.05) is 9.80 Å². The van der Waals surface area contributed by atoms with Gasteiger partial charge in [-0.15, -0.1) is 0 Å². The van der Waals surface area contributed by atoms with Gasteiger partial charge in [-0.05, 0) is 88.7 Å². The summed E-state index contributed by atoms with van der Waals surface area (Å²) in [4.78, 5) is 4.82. The molecule has 0 amide bonds. The number of hydrogen-bond acceptors (Lipinski definition) is 2. The predicted octanol–water partition coefficient (Wildman–Crippen LogP) is 12.1. The van der Waals surface area contributed by atoms with E-state index in [9.17, 15) is 0 Å². The average molecular weight is 569 g/mol. The first-order valence-electron chi connectivity index (χ1n) is 15.7. The van der Waals surface area contributed by atoms with Crippen LogP contribution < -0.4 is 9.80 Å². The van der Waals surface area contributed by atoms with Crippen molar-refractivity contribution in [2.24, 2.45) is 0 Å². The van der Waals surface area contributed by atoms with Gasteiger partial charge in [-0.1, -0.05) is 129 Å². The molecule has 2 nitrogen and oxygen atoms in total. The third-order valence-electron chi connectivity index (χ3n) is 8.45. The van der Waals surface area contributed by atoms with Gasteiger partial charge in [0.05, 0.1) is 17.1 Å². The lowest BCUT2D eigenvalue weighted by Gasteiger charge is -2.30. The number of nitrogens with zero attached hydrogens (tertiary/aromatic N) is 2. The zero-order chi connectivity index (χ0) is 29.9. The molecule has 3 aliphatic rings. The Labute approximate surface area is 261 Å². The molecule has 0 spiro atoms. The highest BCUT2D eigenvalue weighted by atomic mass is 15.2. The standard InChI is InChI=1S/C40H30N2.C2H6/c1-5-13-37-31(9-1)17-18-32-10-2-6-14-38(32)41(37)35-25-21-29(22-26-35)30-23-27-36(28-24-30)42-39-15-7-3-11-33(39)19-20-34-12-4-8-16-40(34)42;1-2/h1-7,9-15,17-28H,8,16H2;1-2H3. The summed E-state index contributed by atoms with van der Waals surface area (Å²) in [6.45, 7) is 4.00. The molecular weight excluding hydrogens is 532 g/mol. The van der Waals surface area contributed by atoms with Gasteiger partial charge >= 0.3 is 0 Å². The minimum Gasteiger partial charge on any atom is -0.313 e. The highest BCUT2D eigenvalue weighted by Crippen LogP contribution is 2.43. The van der Waals surface area contributed by atoms with E-state index in [-0.39, 0.29) is 0 Å². The first-order valence-corrected chi connectivity index (χ1v) is 15.7. The fourth-order valence-electron chi connectivity index (χ4n) is 6.37. The number of allylic oxidation sites excluding steroid dienone is 5. The lowest BCUT2D eigenvalue weighted by atomic mass is 10.0. The van der Waals surface area contributed by atoms with Crippen LogP contribution in [0.2, 0.25) is 0 Å². The second-order valence-corrected chi connectivity index (χ2v) is 11.0. The molecule has 2 heterocycles. The van der Waals surface area contributed by atoms with Gasteiger partial charge in [-0.3, -0.25) is 0 Å². The van der Waals surface area contributed by atoms with E-state index in [4.69, 9.17) is 0 Å². The van der Waals surface area contributed by atoms with E-state index in [1.54, 1.807) is 0 Å². The van der Waals surface area contributed by atoms with Crippen LogP contribution in [-0.4, -0.2) is 0 Å². The Morgan fingerprint density at radius 1 is 0.432 bits per heavy atom. The van der Waals surface area contributed by atoms with E-state index in [2.05, 4.69) is 168 Å². The minimum atomic E-state index is 1.03. The molecular formula is C42H36N2. The number of hydrogen-bond donors (Lipinski definition) is 0. The van der Waals surface area contributed by atoms with E-state index in [0.717, 1.165) is 18.5 Å². The molecule has 0 unspecified atom stereocenters. The summed E-state index contributed by atoms with van der Waals surface area (Å²) >= 11 is 0. The second kappa shape index (κ2) is 12.1. The van der Waals surface area contributed by atoms with Gasteiger partial charge in [0.2, 0.25) is 0 Å². The van der Waals surface area contributed by atoms with Gasteiger partial charge in [0, 0.05) is 17.1 Å². The summed E-state index contributed by atoms with van der Waals surface area (Å²) in [6.07, 6.45) is 15.6. The summed E-state index contributed by atoms with van der Waals surface area (Å²) in [5.41, 5.74) is 14.7. The van der Waals surface area contributed by atoms with Crippen molar-refractivity contribution >= 4 is 46.7 Å². The quantitative estimate of drug-likeness (QED) is 0.209. The number of rotatable bonds is 3. The van der Waals surface area contributed by atoms with Crippen molar-refractivity contribution in [1.82, 2.24) is 0 Å². The first kappa shape index (κ1) is 27.5. The Morgan fingerprint density at radius 2 is 0.864 bits per heavy atom. The Bertz CT molecular complexity index is 1870. The SMILES string of the molecule is C1=CC2=C(CC1)N(c1ccc(-c3ccc(N4c5ccccc5C=Cc5ccccc54)cc3)cc1)c1ccccc1C=C2.CC. The number of para-hydroxylation sites is 3. The van der Waals surface area contributed by atoms with Gasteiger partial charge in [-0.25, -0.2) is 0 Å². The minimum absolute atomic E-state index is 1.03. The lowest BCUT2D eigenvalue weighted by molar-refractivity contribution is 0.907. The molecule has 0 radical (unpaired) electrons. The summed E-state index contributed by atoms with van der Waals surface area (Å²) in [7, 11) is 0. The third-order valence-corrected chi connectivity index (χ3v) is 8.45. The molecule has 8 rings (SSSR count). The maximum atomic E-state index is 2.45. The third kappa shape index (κ3) is 4.99. The maximum absolute atomic E-state index is 2.45. The normalized spacial score (nSPS) is 14.4. The summed E-state index contributed by atoms with van der Waals surface area (Å²) in [5, 5.41) is 0. The average Bonchev–Trinajstić information content (AvgIpc) is 3.38. The Kier molecular flexibility index (Phi) is 7.56. The van der Waals surface area contributed by atoms with E-state index in [1.807, 2.05) is 13.8 Å². The number of fused-ring (bicyclic) bond motifs is 3. The molecule has 0 saturated carbocycles. The van der Waals surface area contributed by atoms with Crippen molar-refractivity contribution in [3.8, 4) is 11.1 Å². The summed E-state index contributed by atoms with van der Waals surface area (Å²) in [6, 6.07) is 43.9. The van der Waals surface area contributed by atoms with Crippen LogP contribution in [0.4, 0.5) is 28.4 Å². The topological polar surface area (TPSA) is 6.48 Å². The van der Waals surface area contributed by atoms with Crippen LogP contribution in [-0.2, 0) is 0 Å². The molecule has 0 atom stereocenters. The van der Waals surface area contributed by atoms with Gasteiger partial charge in [-0.2, -0.15) is 0 Å². The molecule has 44 heavy (non-hydrogen) atoms. The maximum Gasteiger partial charge on any atom is 0.0534 e. The molecule has 5 aromatic carbocycles. The molecule has 0 saturated heterocycles. The van der Waals surface area contributed by atoms with Crippen LogP contribution >= 0.6 is 0 Å². The van der Waals surface area contributed by atoms with Crippen LogP contribution in [0, 0.1) is 0 Å². The van der Waals surface area contributed by atoms with Crippen molar-refractivity contribution < 1.29 is 0 Å². The molecule has 0 aromatic heterocycles. The molecule has 5 aromatic rings. The van der Waals surface area contributed by atoms with Gasteiger partial charge in [0.1, 0.15) is 0 Å². The lowest BCUT2D eigenvalue weighted by Crippen LogP contribution is -2.19. The van der Waals surface area contributed by atoms with Gasteiger partial charge in [0.15, 0.2) is 0 Å².